The molecule has 1 unspecified atom stereocenters. The summed E-state index contributed by atoms with van der Waals surface area (Å²) >= 11 is 0. The molecule has 2 aromatic carbocycles. The average Bonchev–Trinajstić information content (AvgIpc) is 3.12. The largest absolute Gasteiger partial charge is 0.593 e. The smallest absolute Gasteiger partial charge is 0.227 e. The van der Waals surface area contributed by atoms with Crippen LogP contribution < -0.4 is 20.3 Å². The van der Waals surface area contributed by atoms with Crippen LogP contribution in [-0.4, -0.2) is 65.3 Å². The van der Waals surface area contributed by atoms with Crippen molar-refractivity contribution in [3.05, 3.63) is 60.4 Å². The topological polar surface area (TPSA) is 115 Å². The second-order valence-electron chi connectivity index (χ2n) is 8.27. The van der Waals surface area contributed by atoms with E-state index in [1.165, 1.54) is 17.5 Å². The number of nitrogens with zero attached hydrogens (tertiary/aromatic N) is 4. The van der Waals surface area contributed by atoms with E-state index in [0.29, 0.717) is 30.5 Å². The molecule has 0 amide bonds. The van der Waals surface area contributed by atoms with Crippen molar-refractivity contribution in [2.45, 2.75) is 11.4 Å². The van der Waals surface area contributed by atoms with Crippen LogP contribution in [0.15, 0.2) is 59.6 Å². The van der Waals surface area contributed by atoms with Gasteiger partial charge in [-0.1, -0.05) is 10.3 Å². The van der Waals surface area contributed by atoms with Crippen molar-refractivity contribution in [2.75, 3.05) is 62.0 Å². The van der Waals surface area contributed by atoms with Gasteiger partial charge in [-0.3, -0.25) is 0 Å². The van der Waals surface area contributed by atoms with Crippen LogP contribution in [0.1, 0.15) is 5.69 Å². The molecule has 2 aliphatic heterocycles. The van der Waals surface area contributed by atoms with E-state index in [9.17, 15) is 8.76 Å². The zero-order valence-corrected chi connectivity index (χ0v) is 20.3. The Morgan fingerprint density at radius 3 is 2.71 bits per heavy atom. The molecule has 3 heterocycles. The summed E-state index contributed by atoms with van der Waals surface area (Å²) < 4.78 is 38.7. The molecule has 184 valence electrons. The first-order valence-electron chi connectivity index (χ1n) is 11.5. The highest BCUT2D eigenvalue weighted by molar-refractivity contribution is 7.95. The molecule has 35 heavy (non-hydrogen) atoms. The molecule has 5 rings (SSSR count). The molecular formula is C24H28N6O4S. The Kier molecular flexibility index (Phi) is 6.82. The van der Waals surface area contributed by atoms with Crippen LogP contribution in [0.5, 0.6) is 5.75 Å². The molecule has 0 aliphatic carbocycles. The maximum atomic E-state index is 13.3. The summed E-state index contributed by atoms with van der Waals surface area (Å²) in [5, 5.41) is 6.46. The van der Waals surface area contributed by atoms with E-state index in [0.717, 1.165) is 43.4 Å². The van der Waals surface area contributed by atoms with E-state index < -0.39 is 10.4 Å². The number of aromatic nitrogens is 2. The van der Waals surface area contributed by atoms with Gasteiger partial charge in [0, 0.05) is 37.1 Å². The van der Waals surface area contributed by atoms with Crippen LogP contribution >= 0.6 is 0 Å². The summed E-state index contributed by atoms with van der Waals surface area (Å²) in [6, 6.07) is 14.6. The van der Waals surface area contributed by atoms with E-state index in [4.69, 9.17) is 9.47 Å². The molecule has 11 heteroatoms. The first-order chi connectivity index (χ1) is 17.0. The minimum absolute atomic E-state index is 0.134. The van der Waals surface area contributed by atoms with Gasteiger partial charge in [0.25, 0.3) is 0 Å². The number of anilines is 4. The van der Waals surface area contributed by atoms with Crippen molar-refractivity contribution in [3.8, 4) is 5.75 Å². The molecule has 2 aliphatic rings. The number of sulfonamides is 1. The van der Waals surface area contributed by atoms with Gasteiger partial charge < -0.3 is 29.6 Å². The molecule has 3 aromatic rings. The van der Waals surface area contributed by atoms with Crippen LogP contribution in [0.3, 0.4) is 0 Å². The predicted molar refractivity (Wildman–Crippen MR) is 134 cm³/mol. The average molecular weight is 497 g/mol. The van der Waals surface area contributed by atoms with Crippen LogP contribution in [-0.2, 0) is 25.9 Å². The third kappa shape index (κ3) is 5.22. The van der Waals surface area contributed by atoms with Crippen LogP contribution in [0.25, 0.3) is 0 Å². The van der Waals surface area contributed by atoms with E-state index in [1.54, 1.807) is 24.4 Å². The lowest BCUT2D eigenvalue weighted by molar-refractivity contribution is 0.122. The lowest BCUT2D eigenvalue weighted by Gasteiger charge is -2.28. The van der Waals surface area contributed by atoms with Gasteiger partial charge in [-0.25, -0.2) is 9.97 Å². The summed E-state index contributed by atoms with van der Waals surface area (Å²) in [4.78, 5) is 11.5. The monoisotopic (exact) mass is 496 g/mol. The summed E-state index contributed by atoms with van der Waals surface area (Å²) in [6.07, 6.45) is 1.69. The van der Waals surface area contributed by atoms with Crippen LogP contribution in [0.2, 0.25) is 0 Å². The van der Waals surface area contributed by atoms with Crippen molar-refractivity contribution in [2.24, 2.45) is 0 Å². The molecule has 0 radical (unpaired) electrons. The van der Waals surface area contributed by atoms with Crippen molar-refractivity contribution in [1.29, 1.82) is 0 Å². The summed E-state index contributed by atoms with van der Waals surface area (Å²) in [7, 11) is -2.22. The summed E-state index contributed by atoms with van der Waals surface area (Å²) in [5.41, 5.74) is 3.33. The normalized spacial score (nSPS) is 18.1. The highest BCUT2D eigenvalue weighted by atomic mass is 32.3. The molecule has 1 aromatic heterocycles. The fraction of sp³-hybridized carbons (Fsp3) is 0.333. The predicted octanol–water partition coefficient (Wildman–Crippen LogP) is 2.90. The number of ether oxygens (including phenoxy) is 2. The zero-order chi connectivity index (χ0) is 24.3. The Morgan fingerprint density at radius 2 is 1.94 bits per heavy atom. The Morgan fingerprint density at radius 1 is 1.14 bits per heavy atom. The highest BCUT2D eigenvalue weighted by Crippen LogP contribution is 2.29. The summed E-state index contributed by atoms with van der Waals surface area (Å²) in [6.45, 7) is 4.13. The molecular weight excluding hydrogens is 468 g/mol. The standard InChI is InChI=1S/C24H28N6O4S/c1-33-20-3-2-4-21(15-20)35(31,32)30-10-9-25-22-16-26-24(28-23(22)17-30)27-18-5-7-19(8-6-18)29-11-13-34-14-12-29/h2-8,15-16,25H,9-14,17H2,1H3,(H-,26,27,28,31,32). The molecule has 2 N–H and O–H groups in total. The second kappa shape index (κ2) is 10.2. The minimum Gasteiger partial charge on any atom is -0.593 e. The van der Waals surface area contributed by atoms with Gasteiger partial charge in [0.2, 0.25) is 5.95 Å². The lowest BCUT2D eigenvalue weighted by atomic mass is 10.2. The van der Waals surface area contributed by atoms with Crippen LogP contribution in [0, 0.1) is 0 Å². The molecule has 0 spiro atoms. The van der Waals surface area contributed by atoms with Crippen molar-refractivity contribution < 1.29 is 18.2 Å². The fourth-order valence-electron chi connectivity index (χ4n) is 4.13. The maximum absolute atomic E-state index is 13.3. The lowest BCUT2D eigenvalue weighted by Crippen LogP contribution is -2.37. The number of nitrogens with one attached hydrogen (secondary N) is 2. The molecule has 1 fully saturated rings. The number of methoxy groups -OCH3 is 1. The number of rotatable bonds is 6. The van der Waals surface area contributed by atoms with Gasteiger partial charge in [0.05, 0.1) is 51.0 Å². The Bertz CT molecular complexity index is 1220. The third-order valence-corrected chi connectivity index (χ3v) is 7.89. The van der Waals surface area contributed by atoms with Gasteiger partial charge in [-0.15, -0.1) is 4.31 Å². The van der Waals surface area contributed by atoms with Crippen LogP contribution in [0.4, 0.5) is 23.0 Å². The molecule has 0 bridgehead atoms. The first kappa shape index (κ1) is 23.5. The van der Waals surface area contributed by atoms with E-state index in [-0.39, 0.29) is 11.4 Å². The second-order valence-corrected chi connectivity index (χ2v) is 10.2. The fourth-order valence-corrected chi connectivity index (χ4v) is 5.57. The molecule has 1 atom stereocenters. The van der Waals surface area contributed by atoms with Crippen molar-refractivity contribution in [3.63, 3.8) is 0 Å². The van der Waals surface area contributed by atoms with E-state index in [2.05, 4.69) is 37.6 Å². The number of benzene rings is 2. The SMILES string of the molecule is COc1cccc([S+](=O)([O-])N2CCNc3cnc(Nc4ccc(N5CCOCC5)cc4)nc3C2)c1. The Labute approximate surface area is 205 Å². The van der Waals surface area contributed by atoms with Gasteiger partial charge in [-0.2, -0.15) is 0 Å². The van der Waals surface area contributed by atoms with Gasteiger partial charge in [0.15, 0.2) is 15.3 Å². The zero-order valence-electron chi connectivity index (χ0n) is 19.5. The highest BCUT2D eigenvalue weighted by Gasteiger charge is 2.33. The first-order valence-corrected chi connectivity index (χ1v) is 12.9. The summed E-state index contributed by atoms with van der Waals surface area (Å²) in [5.74, 6) is 0.901. The van der Waals surface area contributed by atoms with Gasteiger partial charge in [0.1, 0.15) is 5.75 Å². The number of hydrogen-bond donors (Lipinski definition) is 2. The minimum atomic E-state index is -3.73. The number of morpholine rings is 1. The van der Waals surface area contributed by atoms with Crippen molar-refractivity contribution >= 4 is 33.4 Å². The Balaban J connectivity index is 1.33. The quantitative estimate of drug-likeness (QED) is 0.497. The molecule has 1 saturated heterocycles. The van der Waals surface area contributed by atoms with Gasteiger partial charge in [-0.05, 0) is 36.4 Å². The van der Waals surface area contributed by atoms with E-state index >= 15 is 0 Å². The Hall–Kier alpha value is -3.25. The van der Waals surface area contributed by atoms with Crippen molar-refractivity contribution in [1.82, 2.24) is 14.3 Å². The molecule has 0 saturated carbocycles. The van der Waals surface area contributed by atoms with Gasteiger partial charge >= 0.3 is 0 Å². The number of hydrogen-bond acceptors (Lipinski definition) is 9. The molecule has 10 nitrogen and oxygen atoms in total. The van der Waals surface area contributed by atoms with E-state index in [1.807, 2.05) is 12.1 Å². The number of fused-ring (bicyclic) bond motifs is 1. The maximum Gasteiger partial charge on any atom is 0.227 e. The third-order valence-electron chi connectivity index (χ3n) is 6.05.